The smallest absolute Gasteiger partial charge is 0.410 e. The van der Waals surface area contributed by atoms with Gasteiger partial charge in [-0.15, -0.1) is 0 Å². The summed E-state index contributed by atoms with van der Waals surface area (Å²) >= 11 is 0. The second-order valence-corrected chi connectivity index (χ2v) is 6.26. The van der Waals surface area contributed by atoms with E-state index in [4.69, 9.17) is 19.9 Å². The van der Waals surface area contributed by atoms with Gasteiger partial charge in [-0.25, -0.2) is 4.79 Å². The van der Waals surface area contributed by atoms with E-state index in [2.05, 4.69) is 0 Å². The topological polar surface area (TPSA) is 74.0 Å². The van der Waals surface area contributed by atoms with E-state index in [0.717, 1.165) is 0 Å². The van der Waals surface area contributed by atoms with Crippen LogP contribution in [-0.2, 0) is 4.74 Å². The zero-order chi connectivity index (χ0) is 16.3. The number of hydrogen-bond donors (Lipinski definition) is 1. The molecule has 2 N–H and O–H groups in total. The van der Waals surface area contributed by atoms with Gasteiger partial charge in [0.2, 0.25) is 0 Å². The number of ether oxygens (including phenoxy) is 3. The average Bonchev–Trinajstić information content (AvgIpc) is 2.35. The van der Waals surface area contributed by atoms with Crippen molar-refractivity contribution in [2.45, 2.75) is 39.4 Å². The van der Waals surface area contributed by atoms with Gasteiger partial charge in [0.05, 0.1) is 25.4 Å². The third-order valence-electron chi connectivity index (χ3n) is 3.09. The van der Waals surface area contributed by atoms with Crippen LogP contribution in [0.5, 0.6) is 11.5 Å². The minimum atomic E-state index is -0.480. The first-order valence-electron chi connectivity index (χ1n) is 7.45. The van der Waals surface area contributed by atoms with Gasteiger partial charge in [-0.3, -0.25) is 0 Å². The standard InChI is InChI=1S/C16H24N2O4/c1-5-20-14-8-11(6-7-13(14)17)21-12-9-18(10-12)15(19)22-16(2,3)4/h6-8,12H,5,9-10,17H2,1-4H3. The number of carbonyl (C=O) groups excluding carboxylic acids is 1. The fourth-order valence-corrected chi connectivity index (χ4v) is 2.05. The van der Waals surface area contributed by atoms with Crippen LogP contribution >= 0.6 is 0 Å². The number of hydrogen-bond acceptors (Lipinski definition) is 5. The van der Waals surface area contributed by atoms with E-state index in [-0.39, 0.29) is 12.2 Å². The number of amides is 1. The SMILES string of the molecule is CCOc1cc(OC2CN(C(=O)OC(C)(C)C)C2)ccc1N. The van der Waals surface area contributed by atoms with E-state index in [1.165, 1.54) is 0 Å². The molecule has 1 saturated heterocycles. The van der Waals surface area contributed by atoms with E-state index in [9.17, 15) is 4.79 Å². The molecule has 1 heterocycles. The number of anilines is 1. The van der Waals surface area contributed by atoms with E-state index in [1.54, 1.807) is 23.1 Å². The summed E-state index contributed by atoms with van der Waals surface area (Å²) in [6.07, 6.45) is -0.342. The molecule has 6 heteroatoms. The Morgan fingerprint density at radius 2 is 2.05 bits per heavy atom. The number of nitrogens with two attached hydrogens (primary N) is 1. The summed E-state index contributed by atoms with van der Waals surface area (Å²) in [4.78, 5) is 13.5. The van der Waals surface area contributed by atoms with Crippen LogP contribution in [0.4, 0.5) is 10.5 Å². The third kappa shape index (κ3) is 4.19. The van der Waals surface area contributed by atoms with Crippen molar-refractivity contribution in [2.24, 2.45) is 0 Å². The Morgan fingerprint density at radius 3 is 2.64 bits per heavy atom. The summed E-state index contributed by atoms with van der Waals surface area (Å²) in [7, 11) is 0. The lowest BCUT2D eigenvalue weighted by Crippen LogP contribution is -2.57. The maximum atomic E-state index is 11.8. The normalized spacial score (nSPS) is 15.2. The molecular formula is C16H24N2O4. The Kier molecular flexibility index (Phi) is 4.68. The fourth-order valence-electron chi connectivity index (χ4n) is 2.05. The predicted octanol–water partition coefficient (Wildman–Crippen LogP) is 2.67. The Balaban J connectivity index is 1.85. The molecule has 0 aromatic heterocycles. The third-order valence-corrected chi connectivity index (χ3v) is 3.09. The lowest BCUT2D eigenvalue weighted by molar-refractivity contribution is -0.0221. The van der Waals surface area contributed by atoms with Gasteiger partial charge >= 0.3 is 6.09 Å². The van der Waals surface area contributed by atoms with Crippen molar-refractivity contribution in [3.8, 4) is 11.5 Å². The molecule has 22 heavy (non-hydrogen) atoms. The maximum Gasteiger partial charge on any atom is 0.410 e. The first-order chi connectivity index (χ1) is 10.3. The van der Waals surface area contributed by atoms with Crippen LogP contribution in [0.3, 0.4) is 0 Å². The average molecular weight is 308 g/mol. The molecule has 0 saturated carbocycles. The van der Waals surface area contributed by atoms with Crippen LogP contribution in [0.2, 0.25) is 0 Å². The molecule has 0 radical (unpaired) electrons. The van der Waals surface area contributed by atoms with Crippen molar-refractivity contribution in [1.82, 2.24) is 4.90 Å². The number of nitrogen functional groups attached to an aromatic ring is 1. The highest BCUT2D eigenvalue weighted by Gasteiger charge is 2.35. The molecule has 0 bridgehead atoms. The molecule has 1 fully saturated rings. The molecule has 1 aliphatic heterocycles. The molecule has 0 spiro atoms. The van der Waals surface area contributed by atoms with Crippen LogP contribution in [0.25, 0.3) is 0 Å². The number of rotatable bonds is 4. The summed E-state index contributed by atoms with van der Waals surface area (Å²) < 4.78 is 16.6. The summed E-state index contributed by atoms with van der Waals surface area (Å²) in [6, 6.07) is 5.33. The van der Waals surface area contributed by atoms with Crippen LogP contribution in [0.1, 0.15) is 27.7 Å². The van der Waals surface area contributed by atoms with E-state index < -0.39 is 5.60 Å². The van der Waals surface area contributed by atoms with Gasteiger partial charge in [0.25, 0.3) is 0 Å². The zero-order valence-corrected chi connectivity index (χ0v) is 13.6. The molecule has 1 aliphatic rings. The maximum absolute atomic E-state index is 11.8. The largest absolute Gasteiger partial charge is 0.492 e. The van der Waals surface area contributed by atoms with Gasteiger partial charge in [0, 0.05) is 6.07 Å². The molecule has 2 rings (SSSR count). The van der Waals surface area contributed by atoms with Gasteiger partial charge in [-0.05, 0) is 39.8 Å². The van der Waals surface area contributed by atoms with Crippen LogP contribution in [0, 0.1) is 0 Å². The summed E-state index contributed by atoms with van der Waals surface area (Å²) in [5.74, 6) is 1.30. The van der Waals surface area contributed by atoms with Gasteiger partial charge in [0.15, 0.2) is 0 Å². The number of nitrogens with zero attached hydrogens (tertiary/aromatic N) is 1. The molecule has 0 aliphatic carbocycles. The number of benzene rings is 1. The first-order valence-corrected chi connectivity index (χ1v) is 7.45. The van der Waals surface area contributed by atoms with Gasteiger partial charge in [0.1, 0.15) is 23.2 Å². The fraction of sp³-hybridized carbons (Fsp3) is 0.562. The lowest BCUT2D eigenvalue weighted by Gasteiger charge is -2.39. The Bertz CT molecular complexity index is 533. The second kappa shape index (κ2) is 6.34. The van der Waals surface area contributed by atoms with Gasteiger partial charge < -0.3 is 24.8 Å². The van der Waals surface area contributed by atoms with Crippen LogP contribution < -0.4 is 15.2 Å². The van der Waals surface area contributed by atoms with Gasteiger partial charge in [-0.2, -0.15) is 0 Å². The van der Waals surface area contributed by atoms with Gasteiger partial charge in [-0.1, -0.05) is 0 Å². The number of likely N-dealkylation sites (tertiary alicyclic amines) is 1. The van der Waals surface area contributed by atoms with E-state index >= 15 is 0 Å². The van der Waals surface area contributed by atoms with Crippen molar-refractivity contribution < 1.29 is 19.0 Å². The molecule has 1 aromatic carbocycles. The van der Waals surface area contributed by atoms with E-state index in [1.807, 2.05) is 27.7 Å². The number of carbonyl (C=O) groups is 1. The summed E-state index contributed by atoms with van der Waals surface area (Å²) in [5.41, 5.74) is 5.93. The first kappa shape index (κ1) is 16.3. The monoisotopic (exact) mass is 308 g/mol. The minimum absolute atomic E-state index is 0.0365. The quantitative estimate of drug-likeness (QED) is 0.866. The highest BCUT2D eigenvalue weighted by atomic mass is 16.6. The molecule has 1 aromatic rings. The minimum Gasteiger partial charge on any atom is -0.492 e. The van der Waals surface area contributed by atoms with Crippen molar-refractivity contribution in [1.29, 1.82) is 0 Å². The van der Waals surface area contributed by atoms with Crippen molar-refractivity contribution in [2.75, 3.05) is 25.4 Å². The Morgan fingerprint density at radius 1 is 1.36 bits per heavy atom. The Hall–Kier alpha value is -2.11. The van der Waals surface area contributed by atoms with Crippen LogP contribution in [0.15, 0.2) is 18.2 Å². The van der Waals surface area contributed by atoms with Crippen molar-refractivity contribution >= 4 is 11.8 Å². The highest BCUT2D eigenvalue weighted by Crippen LogP contribution is 2.28. The van der Waals surface area contributed by atoms with Crippen molar-refractivity contribution in [3.05, 3.63) is 18.2 Å². The molecular weight excluding hydrogens is 284 g/mol. The second-order valence-electron chi connectivity index (χ2n) is 6.26. The molecule has 0 unspecified atom stereocenters. The van der Waals surface area contributed by atoms with Crippen molar-refractivity contribution in [3.63, 3.8) is 0 Å². The predicted molar refractivity (Wildman–Crippen MR) is 84.2 cm³/mol. The summed E-state index contributed by atoms with van der Waals surface area (Å²) in [6.45, 7) is 9.03. The lowest BCUT2D eigenvalue weighted by atomic mass is 10.1. The summed E-state index contributed by atoms with van der Waals surface area (Å²) in [5, 5.41) is 0. The van der Waals surface area contributed by atoms with E-state index in [0.29, 0.717) is 36.9 Å². The molecule has 122 valence electrons. The molecule has 0 atom stereocenters. The molecule has 1 amide bonds. The highest BCUT2D eigenvalue weighted by molar-refractivity contribution is 5.69. The van der Waals surface area contributed by atoms with Crippen LogP contribution in [-0.4, -0.2) is 42.4 Å². The molecule has 6 nitrogen and oxygen atoms in total. The Labute approximate surface area is 131 Å². The zero-order valence-electron chi connectivity index (χ0n) is 13.6.